The highest BCUT2D eigenvalue weighted by atomic mass is 16.2. The van der Waals surface area contributed by atoms with E-state index in [2.05, 4.69) is 32.7 Å². The fourth-order valence-corrected chi connectivity index (χ4v) is 3.13. The summed E-state index contributed by atoms with van der Waals surface area (Å²) in [5.41, 5.74) is 2.14. The van der Waals surface area contributed by atoms with Crippen LogP contribution in [0.3, 0.4) is 0 Å². The average Bonchev–Trinajstić information content (AvgIpc) is 3.25. The number of pyridine rings is 1. The SMILES string of the molecule is Cn1cncc1-c1ccc2cnc(NC(=O)[C@H]3CCCN3)cc2c1. The first kappa shape index (κ1) is 14.8. The zero-order valence-electron chi connectivity index (χ0n) is 13.5. The molecule has 1 atom stereocenters. The number of carbonyl (C=O) groups excluding carboxylic acids is 1. The van der Waals surface area contributed by atoms with Crippen LogP contribution in [-0.2, 0) is 11.8 Å². The Kier molecular flexibility index (Phi) is 3.74. The maximum absolute atomic E-state index is 12.2. The van der Waals surface area contributed by atoms with Crippen molar-refractivity contribution in [1.82, 2.24) is 19.9 Å². The van der Waals surface area contributed by atoms with Gasteiger partial charge >= 0.3 is 0 Å². The van der Waals surface area contributed by atoms with Crippen LogP contribution in [0, 0.1) is 0 Å². The molecule has 1 aliphatic rings. The molecule has 3 heterocycles. The van der Waals surface area contributed by atoms with E-state index in [1.807, 2.05) is 29.9 Å². The number of imidazole rings is 1. The highest BCUT2D eigenvalue weighted by molar-refractivity contribution is 5.96. The predicted octanol–water partition coefficient (Wildman–Crippen LogP) is 2.33. The van der Waals surface area contributed by atoms with Crippen LogP contribution in [0.25, 0.3) is 22.0 Å². The average molecular weight is 321 g/mol. The minimum absolute atomic E-state index is 0.0119. The molecule has 2 N–H and O–H groups in total. The van der Waals surface area contributed by atoms with Gasteiger partial charge in [-0.15, -0.1) is 0 Å². The van der Waals surface area contributed by atoms with Crippen LogP contribution in [0.2, 0.25) is 0 Å². The molecule has 0 saturated carbocycles. The molecule has 6 nitrogen and oxygen atoms in total. The second-order valence-electron chi connectivity index (χ2n) is 6.16. The van der Waals surface area contributed by atoms with Crippen molar-refractivity contribution < 1.29 is 4.79 Å². The molecule has 0 radical (unpaired) electrons. The number of amides is 1. The molecule has 1 fully saturated rings. The number of carbonyl (C=O) groups is 1. The highest BCUT2D eigenvalue weighted by Gasteiger charge is 2.22. The van der Waals surface area contributed by atoms with Gasteiger partial charge in [0.2, 0.25) is 5.91 Å². The molecule has 2 aromatic heterocycles. The lowest BCUT2D eigenvalue weighted by atomic mass is 10.1. The fourth-order valence-electron chi connectivity index (χ4n) is 3.13. The summed E-state index contributed by atoms with van der Waals surface area (Å²) in [4.78, 5) is 20.7. The zero-order valence-corrected chi connectivity index (χ0v) is 13.5. The molecule has 3 aromatic rings. The minimum Gasteiger partial charge on any atom is -0.334 e. The summed E-state index contributed by atoms with van der Waals surface area (Å²) in [6.07, 6.45) is 7.34. The summed E-state index contributed by atoms with van der Waals surface area (Å²) in [7, 11) is 1.97. The van der Waals surface area contributed by atoms with Crippen molar-refractivity contribution in [3.05, 3.63) is 43.0 Å². The van der Waals surface area contributed by atoms with Crippen molar-refractivity contribution in [1.29, 1.82) is 0 Å². The number of rotatable bonds is 3. The second-order valence-corrected chi connectivity index (χ2v) is 6.16. The van der Waals surface area contributed by atoms with Gasteiger partial charge < -0.3 is 15.2 Å². The van der Waals surface area contributed by atoms with Crippen LogP contribution in [-0.4, -0.2) is 33.0 Å². The van der Waals surface area contributed by atoms with Gasteiger partial charge in [0.25, 0.3) is 0 Å². The zero-order chi connectivity index (χ0) is 16.5. The van der Waals surface area contributed by atoms with Crippen molar-refractivity contribution in [3.63, 3.8) is 0 Å². The summed E-state index contributed by atoms with van der Waals surface area (Å²) in [5, 5.41) is 8.19. The monoisotopic (exact) mass is 321 g/mol. The standard InChI is InChI=1S/C18H19N5O/c1-23-11-19-10-16(23)12-4-5-13-9-21-17(8-14(13)7-12)22-18(24)15-3-2-6-20-15/h4-5,7-11,15,20H,2-3,6H2,1H3,(H,21,22,24)/t15-/m1/s1. The fraction of sp³-hybridized carbons (Fsp3) is 0.278. The number of aromatic nitrogens is 3. The molecule has 1 saturated heterocycles. The quantitative estimate of drug-likeness (QED) is 0.776. The number of nitrogens with one attached hydrogen (secondary N) is 2. The lowest BCUT2D eigenvalue weighted by molar-refractivity contribution is -0.117. The lowest BCUT2D eigenvalue weighted by Gasteiger charge is -2.11. The molecule has 0 aliphatic carbocycles. The molecule has 0 spiro atoms. The van der Waals surface area contributed by atoms with Crippen molar-refractivity contribution in [2.45, 2.75) is 18.9 Å². The van der Waals surface area contributed by atoms with Gasteiger partial charge in [0.15, 0.2) is 0 Å². The van der Waals surface area contributed by atoms with Gasteiger partial charge in [-0.1, -0.05) is 12.1 Å². The molecular formula is C18H19N5O. The Labute approximate surface area is 139 Å². The first-order valence-corrected chi connectivity index (χ1v) is 8.11. The Morgan fingerprint density at radius 2 is 2.21 bits per heavy atom. The van der Waals surface area contributed by atoms with Crippen LogP contribution in [0.4, 0.5) is 5.82 Å². The van der Waals surface area contributed by atoms with Gasteiger partial charge in [0.1, 0.15) is 5.82 Å². The van der Waals surface area contributed by atoms with Crippen LogP contribution in [0.15, 0.2) is 43.0 Å². The van der Waals surface area contributed by atoms with Crippen molar-refractivity contribution in [3.8, 4) is 11.3 Å². The minimum atomic E-state index is -0.108. The summed E-state index contributed by atoms with van der Waals surface area (Å²) >= 11 is 0. The van der Waals surface area contributed by atoms with Gasteiger partial charge in [-0.25, -0.2) is 9.97 Å². The first-order valence-electron chi connectivity index (χ1n) is 8.11. The maximum Gasteiger partial charge on any atom is 0.242 e. The van der Waals surface area contributed by atoms with Gasteiger partial charge in [0, 0.05) is 24.2 Å². The van der Waals surface area contributed by atoms with E-state index in [4.69, 9.17) is 0 Å². The topological polar surface area (TPSA) is 71.8 Å². The van der Waals surface area contributed by atoms with Gasteiger partial charge in [-0.2, -0.15) is 0 Å². The predicted molar refractivity (Wildman–Crippen MR) is 93.6 cm³/mol. The largest absolute Gasteiger partial charge is 0.334 e. The third-order valence-corrected chi connectivity index (χ3v) is 4.46. The molecule has 6 heteroatoms. The molecule has 1 amide bonds. The third kappa shape index (κ3) is 2.76. The number of nitrogens with zero attached hydrogens (tertiary/aromatic N) is 3. The first-order chi connectivity index (χ1) is 11.7. The molecule has 122 valence electrons. The van der Waals surface area contributed by atoms with Crippen molar-refractivity contribution in [2.24, 2.45) is 7.05 Å². The van der Waals surface area contributed by atoms with E-state index in [0.29, 0.717) is 5.82 Å². The molecule has 24 heavy (non-hydrogen) atoms. The molecule has 1 aliphatic heterocycles. The number of aryl methyl sites for hydroxylation is 1. The van der Waals surface area contributed by atoms with E-state index < -0.39 is 0 Å². The molecular weight excluding hydrogens is 302 g/mol. The number of hydrogen-bond acceptors (Lipinski definition) is 4. The number of hydrogen-bond donors (Lipinski definition) is 2. The van der Waals surface area contributed by atoms with Crippen LogP contribution in [0.5, 0.6) is 0 Å². The smallest absolute Gasteiger partial charge is 0.242 e. The second kappa shape index (κ2) is 6.05. The van der Waals surface area contributed by atoms with Crippen LogP contribution < -0.4 is 10.6 Å². The van der Waals surface area contributed by atoms with E-state index in [0.717, 1.165) is 41.4 Å². The molecule has 1 aromatic carbocycles. The normalized spacial score (nSPS) is 17.3. The third-order valence-electron chi connectivity index (χ3n) is 4.46. The molecule has 4 rings (SSSR count). The van der Waals surface area contributed by atoms with E-state index in [9.17, 15) is 4.79 Å². The lowest BCUT2D eigenvalue weighted by Crippen LogP contribution is -2.35. The Balaban J connectivity index is 1.64. The highest BCUT2D eigenvalue weighted by Crippen LogP contribution is 2.25. The molecule has 0 bridgehead atoms. The summed E-state index contributed by atoms with van der Waals surface area (Å²) in [6, 6.07) is 8.00. The van der Waals surface area contributed by atoms with E-state index >= 15 is 0 Å². The number of fused-ring (bicyclic) bond motifs is 1. The Hall–Kier alpha value is -2.73. The number of anilines is 1. The summed E-state index contributed by atoms with van der Waals surface area (Å²) in [5.74, 6) is 0.575. The Morgan fingerprint density at radius 3 is 2.96 bits per heavy atom. The van der Waals surface area contributed by atoms with E-state index in [-0.39, 0.29) is 11.9 Å². The van der Waals surface area contributed by atoms with Gasteiger partial charge in [0.05, 0.1) is 24.3 Å². The maximum atomic E-state index is 12.2. The van der Waals surface area contributed by atoms with Crippen molar-refractivity contribution >= 4 is 22.5 Å². The summed E-state index contributed by atoms with van der Waals surface area (Å²) in [6.45, 7) is 0.900. The van der Waals surface area contributed by atoms with E-state index in [1.165, 1.54) is 0 Å². The Morgan fingerprint density at radius 1 is 1.29 bits per heavy atom. The molecule has 0 unspecified atom stereocenters. The van der Waals surface area contributed by atoms with Gasteiger partial charge in [-0.3, -0.25) is 4.79 Å². The van der Waals surface area contributed by atoms with Crippen molar-refractivity contribution in [2.75, 3.05) is 11.9 Å². The Bertz CT molecular complexity index is 895. The van der Waals surface area contributed by atoms with Crippen LogP contribution in [0.1, 0.15) is 12.8 Å². The number of benzene rings is 1. The van der Waals surface area contributed by atoms with E-state index in [1.54, 1.807) is 12.5 Å². The van der Waals surface area contributed by atoms with Gasteiger partial charge in [-0.05, 0) is 36.9 Å². The van der Waals surface area contributed by atoms with Crippen LogP contribution >= 0.6 is 0 Å². The summed E-state index contributed by atoms with van der Waals surface area (Å²) < 4.78 is 1.98.